The fourth-order valence-corrected chi connectivity index (χ4v) is 1.91. The molecule has 1 amide bonds. The maximum Gasteiger partial charge on any atom is 0.237 e. The number of aromatic nitrogens is 3. The molecule has 2 atom stereocenters. The van der Waals surface area contributed by atoms with Crippen molar-refractivity contribution in [2.24, 2.45) is 5.73 Å². The highest BCUT2D eigenvalue weighted by Gasteiger charge is 2.17. The molecule has 0 saturated carbocycles. The molecule has 2 aromatic rings. The minimum atomic E-state index is -0.527. The van der Waals surface area contributed by atoms with E-state index in [0.29, 0.717) is 12.2 Å². The van der Waals surface area contributed by atoms with Gasteiger partial charge in [-0.25, -0.2) is 4.98 Å². The number of carbonyl (C=O) groups is 1. The molecular formula is C14H19N5O. The van der Waals surface area contributed by atoms with E-state index in [1.807, 2.05) is 37.3 Å². The van der Waals surface area contributed by atoms with E-state index in [4.69, 9.17) is 5.73 Å². The van der Waals surface area contributed by atoms with Crippen molar-refractivity contribution in [3.63, 3.8) is 0 Å². The van der Waals surface area contributed by atoms with Gasteiger partial charge >= 0.3 is 0 Å². The Morgan fingerprint density at radius 1 is 1.40 bits per heavy atom. The summed E-state index contributed by atoms with van der Waals surface area (Å²) in [7, 11) is 0. The van der Waals surface area contributed by atoms with Gasteiger partial charge in [0.2, 0.25) is 5.91 Å². The zero-order valence-electron chi connectivity index (χ0n) is 11.4. The van der Waals surface area contributed by atoms with E-state index in [0.717, 1.165) is 6.42 Å². The Balaban J connectivity index is 1.80. The van der Waals surface area contributed by atoms with Crippen molar-refractivity contribution in [3.05, 3.63) is 48.0 Å². The molecule has 6 nitrogen and oxygen atoms in total. The lowest BCUT2D eigenvalue weighted by molar-refractivity contribution is -0.123. The van der Waals surface area contributed by atoms with Crippen molar-refractivity contribution in [2.75, 3.05) is 0 Å². The van der Waals surface area contributed by atoms with E-state index in [-0.39, 0.29) is 11.9 Å². The summed E-state index contributed by atoms with van der Waals surface area (Å²) in [5, 5.41) is 9.30. The van der Waals surface area contributed by atoms with Crippen molar-refractivity contribution >= 4 is 5.91 Å². The van der Waals surface area contributed by atoms with Crippen LogP contribution >= 0.6 is 0 Å². The van der Waals surface area contributed by atoms with Gasteiger partial charge in [-0.2, -0.15) is 5.10 Å². The third kappa shape index (κ3) is 3.89. The number of rotatable bonds is 6. The van der Waals surface area contributed by atoms with Crippen molar-refractivity contribution in [2.45, 2.75) is 31.8 Å². The third-order valence-electron chi connectivity index (χ3n) is 3.13. The average molecular weight is 273 g/mol. The second-order valence-corrected chi connectivity index (χ2v) is 4.73. The van der Waals surface area contributed by atoms with Gasteiger partial charge in [-0.1, -0.05) is 30.3 Å². The Morgan fingerprint density at radius 2 is 2.15 bits per heavy atom. The minimum Gasteiger partial charge on any atom is -0.345 e. The number of nitrogens with one attached hydrogen (secondary N) is 2. The Morgan fingerprint density at radius 3 is 2.80 bits per heavy atom. The number of nitrogens with two attached hydrogens (primary N) is 1. The first-order chi connectivity index (χ1) is 9.66. The van der Waals surface area contributed by atoms with Crippen LogP contribution in [0.15, 0.2) is 36.7 Å². The zero-order valence-corrected chi connectivity index (χ0v) is 11.4. The molecule has 20 heavy (non-hydrogen) atoms. The number of aromatic amines is 1. The van der Waals surface area contributed by atoms with E-state index in [2.05, 4.69) is 20.5 Å². The third-order valence-corrected chi connectivity index (χ3v) is 3.13. The first-order valence-electron chi connectivity index (χ1n) is 6.62. The van der Waals surface area contributed by atoms with Gasteiger partial charge in [0.05, 0.1) is 12.1 Å². The molecule has 4 N–H and O–H groups in total. The smallest absolute Gasteiger partial charge is 0.237 e. The number of amides is 1. The lowest BCUT2D eigenvalue weighted by atomic mass is 10.1. The number of hydrogen-bond acceptors (Lipinski definition) is 4. The number of hydrogen-bond donors (Lipinski definition) is 3. The Bertz CT molecular complexity index is 526. The summed E-state index contributed by atoms with van der Waals surface area (Å²) < 4.78 is 0. The molecule has 0 bridgehead atoms. The summed E-state index contributed by atoms with van der Waals surface area (Å²) in [6, 6.07) is 9.23. The molecular weight excluding hydrogens is 254 g/mol. The van der Waals surface area contributed by atoms with Crippen LogP contribution in [0.3, 0.4) is 0 Å². The molecule has 0 radical (unpaired) electrons. The molecule has 6 heteroatoms. The quantitative estimate of drug-likeness (QED) is 0.729. The first kappa shape index (κ1) is 14.2. The van der Waals surface area contributed by atoms with Gasteiger partial charge in [0.1, 0.15) is 12.2 Å². The van der Waals surface area contributed by atoms with Crippen LogP contribution in [0, 0.1) is 0 Å². The molecule has 1 aromatic heterocycles. The van der Waals surface area contributed by atoms with Gasteiger partial charge in [-0.15, -0.1) is 0 Å². The van der Waals surface area contributed by atoms with Crippen molar-refractivity contribution < 1.29 is 4.79 Å². The standard InChI is InChI=1S/C14H19N5O/c1-10(13-16-9-17-19-13)18-14(20)12(15)8-7-11-5-3-2-4-6-11/h2-6,9-10,12H,7-8,15H2,1H3,(H,18,20)(H,16,17,19). The molecule has 1 aromatic carbocycles. The molecule has 1 heterocycles. The molecule has 2 unspecified atom stereocenters. The monoisotopic (exact) mass is 273 g/mol. The van der Waals surface area contributed by atoms with Crippen LogP contribution in [0.25, 0.3) is 0 Å². The molecule has 0 aliphatic heterocycles. The van der Waals surface area contributed by atoms with E-state index >= 15 is 0 Å². The summed E-state index contributed by atoms with van der Waals surface area (Å²) in [4.78, 5) is 16.0. The van der Waals surface area contributed by atoms with Crippen LogP contribution in [0.4, 0.5) is 0 Å². The number of carbonyl (C=O) groups excluding carboxylic acids is 1. The normalized spacial score (nSPS) is 13.7. The fraction of sp³-hybridized carbons (Fsp3) is 0.357. The minimum absolute atomic E-state index is 0.176. The SMILES string of the molecule is CC(NC(=O)C(N)CCc1ccccc1)c1ncn[nH]1. The zero-order chi connectivity index (χ0) is 14.4. The van der Waals surface area contributed by atoms with Gasteiger partial charge in [0.15, 0.2) is 0 Å². The lowest BCUT2D eigenvalue weighted by Gasteiger charge is -2.15. The highest BCUT2D eigenvalue weighted by Crippen LogP contribution is 2.07. The predicted octanol–water partition coefficient (Wildman–Crippen LogP) is 0.942. The van der Waals surface area contributed by atoms with Crippen molar-refractivity contribution in [1.29, 1.82) is 0 Å². The lowest BCUT2D eigenvalue weighted by Crippen LogP contribution is -2.42. The largest absolute Gasteiger partial charge is 0.345 e. The van der Waals surface area contributed by atoms with Gasteiger partial charge < -0.3 is 11.1 Å². The number of nitrogens with zero attached hydrogens (tertiary/aromatic N) is 2. The summed E-state index contributed by atoms with van der Waals surface area (Å²) in [5.74, 6) is 0.443. The highest BCUT2D eigenvalue weighted by atomic mass is 16.2. The summed E-state index contributed by atoms with van der Waals surface area (Å²) in [6.07, 6.45) is 2.80. The van der Waals surface area contributed by atoms with Crippen LogP contribution in [-0.2, 0) is 11.2 Å². The van der Waals surface area contributed by atoms with E-state index in [1.54, 1.807) is 0 Å². The Labute approximate surface area is 117 Å². The molecule has 0 fully saturated rings. The summed E-state index contributed by atoms with van der Waals surface area (Å²) in [6.45, 7) is 1.84. The molecule has 0 aliphatic carbocycles. The summed E-state index contributed by atoms with van der Waals surface area (Å²) >= 11 is 0. The van der Waals surface area contributed by atoms with E-state index in [1.165, 1.54) is 11.9 Å². The van der Waals surface area contributed by atoms with Gasteiger partial charge in [-0.05, 0) is 25.3 Å². The van der Waals surface area contributed by atoms with Crippen LogP contribution in [-0.4, -0.2) is 27.1 Å². The molecule has 2 rings (SSSR count). The van der Waals surface area contributed by atoms with Crippen molar-refractivity contribution in [3.8, 4) is 0 Å². The van der Waals surface area contributed by atoms with Crippen LogP contribution < -0.4 is 11.1 Å². The average Bonchev–Trinajstić information content (AvgIpc) is 3.00. The molecule has 106 valence electrons. The second kappa shape index (κ2) is 6.81. The van der Waals surface area contributed by atoms with E-state index < -0.39 is 6.04 Å². The van der Waals surface area contributed by atoms with Gasteiger partial charge in [0, 0.05) is 0 Å². The summed E-state index contributed by atoms with van der Waals surface area (Å²) in [5.41, 5.74) is 7.09. The van der Waals surface area contributed by atoms with Crippen LogP contribution in [0.1, 0.15) is 30.8 Å². The molecule has 0 aliphatic rings. The molecule has 0 saturated heterocycles. The molecule has 0 spiro atoms. The maximum absolute atomic E-state index is 12.0. The topological polar surface area (TPSA) is 96.7 Å². The Kier molecular flexibility index (Phi) is 4.84. The fourth-order valence-electron chi connectivity index (χ4n) is 1.91. The van der Waals surface area contributed by atoms with Crippen LogP contribution in [0.2, 0.25) is 0 Å². The maximum atomic E-state index is 12.0. The van der Waals surface area contributed by atoms with Crippen molar-refractivity contribution in [1.82, 2.24) is 20.5 Å². The predicted molar refractivity (Wildman–Crippen MR) is 75.7 cm³/mol. The second-order valence-electron chi connectivity index (χ2n) is 4.73. The highest BCUT2D eigenvalue weighted by molar-refractivity contribution is 5.81. The number of benzene rings is 1. The first-order valence-corrected chi connectivity index (χ1v) is 6.62. The van der Waals surface area contributed by atoms with Crippen LogP contribution in [0.5, 0.6) is 0 Å². The Hall–Kier alpha value is -2.21. The number of aryl methyl sites for hydroxylation is 1. The van der Waals surface area contributed by atoms with Gasteiger partial charge in [0.25, 0.3) is 0 Å². The van der Waals surface area contributed by atoms with Gasteiger partial charge in [-0.3, -0.25) is 9.89 Å². The number of H-pyrrole nitrogens is 1. The van der Waals surface area contributed by atoms with E-state index in [9.17, 15) is 4.79 Å².